The molecule has 1 aliphatic rings. The highest BCUT2D eigenvalue weighted by molar-refractivity contribution is 5.98. The van der Waals surface area contributed by atoms with Crippen LogP contribution in [0.2, 0.25) is 0 Å². The Hall–Kier alpha value is -0.850. The van der Waals surface area contributed by atoms with Crippen LogP contribution in [0.15, 0.2) is 23.8 Å². The van der Waals surface area contributed by atoms with Crippen molar-refractivity contribution in [3.05, 3.63) is 23.8 Å². The van der Waals surface area contributed by atoms with Crippen molar-refractivity contribution < 1.29 is 4.79 Å². The number of carbonyl (C=O) groups excluding carboxylic acids is 1. The second-order valence-electron chi connectivity index (χ2n) is 4.24. The van der Waals surface area contributed by atoms with Gasteiger partial charge >= 0.3 is 0 Å². The van der Waals surface area contributed by atoms with Crippen molar-refractivity contribution in [2.45, 2.75) is 58.3 Å². The molecule has 1 aliphatic carbocycles. The lowest BCUT2D eigenvalue weighted by Crippen LogP contribution is -1.98. The van der Waals surface area contributed by atoms with E-state index in [2.05, 4.69) is 13.0 Å². The van der Waals surface area contributed by atoms with Crippen LogP contribution in [0.5, 0.6) is 0 Å². The van der Waals surface area contributed by atoms with Crippen molar-refractivity contribution >= 4 is 5.78 Å². The Bertz CT molecular complexity index is 248. The van der Waals surface area contributed by atoms with E-state index in [-0.39, 0.29) is 0 Å². The number of hydrogen-bond donors (Lipinski definition) is 0. The van der Waals surface area contributed by atoms with E-state index in [9.17, 15) is 4.79 Å². The van der Waals surface area contributed by atoms with Crippen LogP contribution >= 0.6 is 0 Å². The standard InChI is InChI=1S/C14H22O/c1-2-3-4-5-6-7-12-14(15)13-10-8-9-11-13/h8,10-11H,2-7,9,12H2,1H3. The van der Waals surface area contributed by atoms with Gasteiger partial charge in [0.05, 0.1) is 0 Å². The number of rotatable bonds is 8. The third-order valence-corrected chi connectivity index (χ3v) is 2.85. The monoisotopic (exact) mass is 206 g/mol. The molecule has 84 valence electrons. The lowest BCUT2D eigenvalue weighted by atomic mass is 10.0. The van der Waals surface area contributed by atoms with Crippen LogP contribution in [0.25, 0.3) is 0 Å². The topological polar surface area (TPSA) is 17.1 Å². The minimum absolute atomic E-state index is 0.333. The summed E-state index contributed by atoms with van der Waals surface area (Å²) in [5, 5.41) is 0. The van der Waals surface area contributed by atoms with Gasteiger partial charge in [-0.05, 0) is 12.8 Å². The molecule has 0 spiro atoms. The Morgan fingerprint density at radius 3 is 2.60 bits per heavy atom. The van der Waals surface area contributed by atoms with Crippen molar-refractivity contribution in [2.75, 3.05) is 0 Å². The van der Waals surface area contributed by atoms with Gasteiger partial charge in [0.2, 0.25) is 0 Å². The van der Waals surface area contributed by atoms with Gasteiger partial charge in [-0.15, -0.1) is 0 Å². The third kappa shape index (κ3) is 4.96. The van der Waals surface area contributed by atoms with Crippen LogP contribution in [-0.4, -0.2) is 5.78 Å². The number of Topliss-reactive ketones (excluding diaryl/α,β-unsaturated/α-hetero) is 1. The minimum Gasteiger partial charge on any atom is -0.294 e. The van der Waals surface area contributed by atoms with Gasteiger partial charge in [-0.25, -0.2) is 0 Å². The first-order valence-electron chi connectivity index (χ1n) is 6.24. The fourth-order valence-corrected chi connectivity index (χ4v) is 1.88. The maximum atomic E-state index is 11.6. The zero-order valence-electron chi connectivity index (χ0n) is 9.80. The van der Waals surface area contributed by atoms with E-state index in [1.807, 2.05) is 12.2 Å². The lowest BCUT2D eigenvalue weighted by Gasteiger charge is -2.00. The highest BCUT2D eigenvalue weighted by atomic mass is 16.1. The van der Waals surface area contributed by atoms with Crippen molar-refractivity contribution in [3.8, 4) is 0 Å². The molecule has 0 unspecified atom stereocenters. The third-order valence-electron chi connectivity index (χ3n) is 2.85. The molecule has 0 saturated heterocycles. The Labute approximate surface area is 93.3 Å². The van der Waals surface area contributed by atoms with E-state index >= 15 is 0 Å². The van der Waals surface area contributed by atoms with Gasteiger partial charge < -0.3 is 0 Å². The Morgan fingerprint density at radius 1 is 1.20 bits per heavy atom. The molecule has 0 amide bonds. The number of unbranched alkanes of at least 4 members (excludes halogenated alkanes) is 5. The Morgan fingerprint density at radius 2 is 1.93 bits per heavy atom. The summed E-state index contributed by atoms with van der Waals surface area (Å²) in [6.45, 7) is 2.22. The summed E-state index contributed by atoms with van der Waals surface area (Å²) >= 11 is 0. The largest absolute Gasteiger partial charge is 0.294 e. The van der Waals surface area contributed by atoms with Gasteiger partial charge in [0.15, 0.2) is 5.78 Å². The molecular formula is C14H22O. The molecule has 1 nitrogen and oxygen atoms in total. The summed E-state index contributed by atoms with van der Waals surface area (Å²) in [5.74, 6) is 0.333. The SMILES string of the molecule is CCCCCCCCC(=O)C1=CCC=C1. The Kier molecular flexibility index (Phi) is 6.06. The van der Waals surface area contributed by atoms with Crippen LogP contribution < -0.4 is 0 Å². The number of carbonyl (C=O) groups is 1. The molecule has 0 aliphatic heterocycles. The summed E-state index contributed by atoms with van der Waals surface area (Å²) in [4.78, 5) is 11.6. The van der Waals surface area contributed by atoms with Gasteiger partial charge in [-0.3, -0.25) is 4.79 Å². The van der Waals surface area contributed by atoms with E-state index in [1.54, 1.807) is 0 Å². The fraction of sp³-hybridized carbons (Fsp3) is 0.643. The number of hydrogen-bond acceptors (Lipinski definition) is 1. The first kappa shape index (κ1) is 12.2. The van der Waals surface area contributed by atoms with Gasteiger partial charge in [-0.1, -0.05) is 57.3 Å². The zero-order valence-corrected chi connectivity index (χ0v) is 9.80. The summed E-state index contributed by atoms with van der Waals surface area (Å²) < 4.78 is 0. The lowest BCUT2D eigenvalue weighted by molar-refractivity contribution is -0.115. The highest BCUT2D eigenvalue weighted by Crippen LogP contribution is 2.14. The molecule has 0 N–H and O–H groups in total. The zero-order chi connectivity index (χ0) is 10.9. The predicted molar refractivity (Wildman–Crippen MR) is 64.8 cm³/mol. The van der Waals surface area contributed by atoms with Gasteiger partial charge in [0.1, 0.15) is 0 Å². The predicted octanol–water partition coefficient (Wildman–Crippen LogP) is 4.19. The molecule has 0 aromatic carbocycles. The number of ketones is 1. The molecule has 0 atom stereocenters. The van der Waals surface area contributed by atoms with E-state index in [0.717, 1.165) is 24.8 Å². The average Bonchev–Trinajstić information content (AvgIpc) is 2.76. The van der Waals surface area contributed by atoms with Crippen LogP contribution in [0.4, 0.5) is 0 Å². The molecule has 15 heavy (non-hydrogen) atoms. The normalized spacial score (nSPS) is 14.3. The van der Waals surface area contributed by atoms with Crippen LogP contribution in [0, 0.1) is 0 Å². The summed E-state index contributed by atoms with van der Waals surface area (Å²) in [7, 11) is 0. The quantitative estimate of drug-likeness (QED) is 0.544. The minimum atomic E-state index is 0.333. The second kappa shape index (κ2) is 7.44. The first-order valence-corrected chi connectivity index (χ1v) is 6.24. The van der Waals surface area contributed by atoms with E-state index in [0.29, 0.717) is 5.78 Å². The average molecular weight is 206 g/mol. The molecule has 0 aromatic heterocycles. The summed E-state index contributed by atoms with van der Waals surface area (Å²) in [6, 6.07) is 0. The maximum absolute atomic E-state index is 11.6. The molecule has 0 saturated carbocycles. The van der Waals surface area contributed by atoms with Gasteiger partial charge in [-0.2, -0.15) is 0 Å². The molecule has 0 fully saturated rings. The highest BCUT2D eigenvalue weighted by Gasteiger charge is 2.07. The maximum Gasteiger partial charge on any atom is 0.162 e. The van der Waals surface area contributed by atoms with Crippen LogP contribution in [0.1, 0.15) is 58.3 Å². The van der Waals surface area contributed by atoms with Crippen LogP contribution in [0.3, 0.4) is 0 Å². The summed E-state index contributed by atoms with van der Waals surface area (Å²) in [5.41, 5.74) is 0.934. The molecule has 1 heteroatoms. The van der Waals surface area contributed by atoms with E-state index in [4.69, 9.17) is 0 Å². The molecule has 1 rings (SSSR count). The molecule has 0 bridgehead atoms. The fourth-order valence-electron chi connectivity index (χ4n) is 1.88. The molecule has 0 radical (unpaired) electrons. The van der Waals surface area contributed by atoms with Crippen molar-refractivity contribution in [1.29, 1.82) is 0 Å². The van der Waals surface area contributed by atoms with E-state index in [1.165, 1.54) is 32.1 Å². The Balaban J connectivity index is 2.00. The van der Waals surface area contributed by atoms with Crippen molar-refractivity contribution in [3.63, 3.8) is 0 Å². The molecule has 0 aromatic rings. The summed E-state index contributed by atoms with van der Waals surface area (Å²) in [6.07, 6.45) is 15.2. The van der Waals surface area contributed by atoms with Crippen LogP contribution in [-0.2, 0) is 4.79 Å². The number of allylic oxidation sites excluding steroid dienone is 4. The molecular weight excluding hydrogens is 184 g/mol. The van der Waals surface area contributed by atoms with Crippen molar-refractivity contribution in [2.24, 2.45) is 0 Å². The van der Waals surface area contributed by atoms with Crippen molar-refractivity contribution in [1.82, 2.24) is 0 Å². The second-order valence-corrected chi connectivity index (χ2v) is 4.24. The smallest absolute Gasteiger partial charge is 0.162 e. The van der Waals surface area contributed by atoms with Gasteiger partial charge in [0, 0.05) is 12.0 Å². The first-order chi connectivity index (χ1) is 7.34. The van der Waals surface area contributed by atoms with Gasteiger partial charge in [0.25, 0.3) is 0 Å². The van der Waals surface area contributed by atoms with E-state index < -0.39 is 0 Å². The molecule has 0 heterocycles.